The number of hydrogen-bond donors (Lipinski definition) is 0. The van der Waals surface area contributed by atoms with Gasteiger partial charge >= 0.3 is 12.3 Å². The van der Waals surface area contributed by atoms with Crippen LogP contribution in [0.15, 0.2) is 39.0 Å². The van der Waals surface area contributed by atoms with Crippen LogP contribution in [-0.2, 0) is 20.7 Å². The van der Waals surface area contributed by atoms with Crippen molar-refractivity contribution in [2.45, 2.75) is 37.0 Å². The molecular weight excluding hydrogens is 342 g/mol. The number of alkyl halides is 4. The third-order valence-electron chi connectivity index (χ3n) is 2.66. The molecule has 22 heavy (non-hydrogen) atoms. The summed E-state index contributed by atoms with van der Waals surface area (Å²) in [6.07, 6.45) is -2.76. The Morgan fingerprint density at radius 3 is 2.32 bits per heavy atom. The first kappa shape index (κ1) is 19.1. The fourth-order valence-corrected chi connectivity index (χ4v) is 5.31. The molecule has 3 nitrogen and oxygen atoms in total. The quantitative estimate of drug-likeness (QED) is 0.662. The van der Waals surface area contributed by atoms with Gasteiger partial charge in [0.1, 0.15) is 0 Å². The molecule has 0 radical (unpaired) electrons. The van der Waals surface area contributed by atoms with Crippen LogP contribution in [0.2, 0.25) is 0 Å². The fourth-order valence-electron chi connectivity index (χ4n) is 1.51. The Balaban J connectivity index is 3.10. The van der Waals surface area contributed by atoms with E-state index in [-0.39, 0.29) is 10.6 Å². The van der Waals surface area contributed by atoms with Gasteiger partial charge in [-0.1, -0.05) is 42.2 Å². The van der Waals surface area contributed by atoms with Gasteiger partial charge in [0.2, 0.25) is 0 Å². The molecule has 0 aliphatic carbocycles. The molecule has 1 aromatic carbocycles. The molecule has 1 unspecified atom stereocenters. The minimum absolute atomic E-state index is 0.0465. The maximum Gasteiger partial charge on any atom is 0.317 e. The molecule has 0 N–H and O–H groups in total. The van der Waals surface area contributed by atoms with Crippen molar-refractivity contribution >= 4 is 20.7 Å². The van der Waals surface area contributed by atoms with Crippen LogP contribution < -0.4 is 0 Å². The zero-order chi connectivity index (χ0) is 16.8. The van der Waals surface area contributed by atoms with Crippen LogP contribution >= 0.6 is 0 Å². The van der Waals surface area contributed by atoms with E-state index in [0.717, 1.165) is 0 Å². The van der Waals surface area contributed by atoms with Gasteiger partial charge in [0, 0.05) is 5.75 Å². The third-order valence-corrected chi connectivity index (χ3v) is 6.63. The summed E-state index contributed by atoms with van der Waals surface area (Å²) in [6, 6.07) is 7.11. The first-order valence-electron chi connectivity index (χ1n) is 6.55. The van der Waals surface area contributed by atoms with Gasteiger partial charge in [0.05, 0.1) is 10.6 Å². The van der Waals surface area contributed by atoms with Gasteiger partial charge in [-0.05, 0) is 18.6 Å². The number of benzene rings is 1. The van der Waals surface area contributed by atoms with Gasteiger partial charge in [-0.3, -0.25) is 0 Å². The summed E-state index contributed by atoms with van der Waals surface area (Å²) < 4.78 is 78.6. The van der Waals surface area contributed by atoms with Crippen LogP contribution in [0.1, 0.15) is 19.8 Å². The zero-order valence-corrected chi connectivity index (χ0v) is 13.5. The van der Waals surface area contributed by atoms with Crippen molar-refractivity contribution in [3.05, 3.63) is 30.3 Å². The topological polar surface area (TPSA) is 46.5 Å². The number of nitrogens with zero attached hydrogens (tertiary/aromatic N) is 1. The van der Waals surface area contributed by atoms with E-state index in [0.29, 0.717) is 12.8 Å². The highest BCUT2D eigenvalue weighted by Gasteiger charge is 2.41. The molecule has 0 amide bonds. The fraction of sp³-hybridized carbons (Fsp3) is 0.538. The maximum atomic E-state index is 13.2. The largest absolute Gasteiger partial charge is 0.317 e. The van der Waals surface area contributed by atoms with Gasteiger partial charge in [-0.25, -0.2) is 8.78 Å². The van der Waals surface area contributed by atoms with E-state index < -0.39 is 38.8 Å². The SMILES string of the molecule is CCCCS(CC(F)(F)C(F)F)=NS(=O)(=O)c1ccccc1. The van der Waals surface area contributed by atoms with Gasteiger partial charge in [-0.15, -0.1) is 3.77 Å². The molecule has 0 fully saturated rings. The summed E-state index contributed by atoms with van der Waals surface area (Å²) in [5, 5.41) is 0. The summed E-state index contributed by atoms with van der Waals surface area (Å²) in [5.41, 5.74) is 0. The van der Waals surface area contributed by atoms with Crippen molar-refractivity contribution in [3.63, 3.8) is 0 Å². The Kier molecular flexibility index (Phi) is 6.98. The Bertz CT molecular complexity index is 604. The highest BCUT2D eigenvalue weighted by Crippen LogP contribution is 2.25. The first-order valence-corrected chi connectivity index (χ1v) is 9.51. The van der Waals surface area contributed by atoms with Crippen molar-refractivity contribution < 1.29 is 26.0 Å². The second-order valence-electron chi connectivity index (χ2n) is 4.59. The molecule has 0 spiro atoms. The van der Waals surface area contributed by atoms with Gasteiger partial charge < -0.3 is 0 Å². The molecule has 1 aromatic rings. The van der Waals surface area contributed by atoms with Crippen LogP contribution in [0.5, 0.6) is 0 Å². The van der Waals surface area contributed by atoms with Crippen LogP contribution in [0.25, 0.3) is 0 Å². The molecule has 0 aliphatic rings. The van der Waals surface area contributed by atoms with Crippen molar-refractivity contribution in [2.75, 3.05) is 11.5 Å². The van der Waals surface area contributed by atoms with Crippen LogP contribution in [0, 0.1) is 0 Å². The zero-order valence-electron chi connectivity index (χ0n) is 11.9. The Hall–Kier alpha value is -0.960. The average Bonchev–Trinajstić information content (AvgIpc) is 2.45. The lowest BCUT2D eigenvalue weighted by atomic mass is 10.4. The van der Waals surface area contributed by atoms with Crippen LogP contribution in [-0.4, -0.2) is 32.3 Å². The summed E-state index contributed by atoms with van der Waals surface area (Å²) >= 11 is 0. The van der Waals surface area contributed by atoms with Gasteiger partial charge in [0.25, 0.3) is 10.0 Å². The van der Waals surface area contributed by atoms with Crippen molar-refractivity contribution in [1.29, 1.82) is 0 Å². The van der Waals surface area contributed by atoms with E-state index in [9.17, 15) is 26.0 Å². The predicted octanol–water partition coefficient (Wildman–Crippen LogP) is 3.88. The average molecular weight is 359 g/mol. The second-order valence-corrected chi connectivity index (χ2v) is 8.23. The monoisotopic (exact) mass is 359 g/mol. The number of sulfonamides is 1. The van der Waals surface area contributed by atoms with E-state index in [1.54, 1.807) is 13.0 Å². The van der Waals surface area contributed by atoms with E-state index in [1.165, 1.54) is 24.3 Å². The summed E-state index contributed by atoms with van der Waals surface area (Å²) in [5.74, 6) is -5.45. The Morgan fingerprint density at radius 1 is 1.23 bits per heavy atom. The van der Waals surface area contributed by atoms with Crippen molar-refractivity contribution in [3.8, 4) is 0 Å². The minimum Gasteiger partial charge on any atom is -0.204 e. The standard InChI is InChI=1S/C13H17F4NO2S2/c1-2-3-9-21(10-13(16,17)12(14)15)18-22(19,20)11-7-5-4-6-8-11/h4-8,12H,2-3,9-10H2,1H3. The predicted molar refractivity (Wildman–Crippen MR) is 79.0 cm³/mol. The molecule has 1 atom stereocenters. The molecule has 0 bridgehead atoms. The van der Waals surface area contributed by atoms with Gasteiger partial charge in [-0.2, -0.15) is 17.2 Å². The number of rotatable bonds is 8. The van der Waals surface area contributed by atoms with E-state index in [1.807, 2.05) is 0 Å². The second kappa shape index (κ2) is 8.05. The molecule has 0 heterocycles. The van der Waals surface area contributed by atoms with Crippen LogP contribution in [0.4, 0.5) is 17.6 Å². The summed E-state index contributed by atoms with van der Waals surface area (Å²) in [4.78, 5) is -0.135. The normalized spacial score (nSPS) is 14.5. The van der Waals surface area contributed by atoms with Crippen molar-refractivity contribution in [2.24, 2.45) is 3.77 Å². The molecule has 0 aromatic heterocycles. The lowest BCUT2D eigenvalue weighted by molar-refractivity contribution is -0.110. The molecule has 0 saturated carbocycles. The molecule has 126 valence electrons. The summed E-state index contributed by atoms with van der Waals surface area (Å²) in [7, 11) is -5.81. The lowest BCUT2D eigenvalue weighted by Gasteiger charge is -2.17. The minimum atomic E-state index is -4.24. The molecule has 0 saturated heterocycles. The Labute approximate surface area is 129 Å². The summed E-state index contributed by atoms with van der Waals surface area (Å²) in [6.45, 7) is 1.79. The maximum absolute atomic E-state index is 13.2. The number of unbranched alkanes of at least 4 members (excludes halogenated alkanes) is 1. The molecule has 0 aliphatic heterocycles. The first-order chi connectivity index (χ1) is 10.2. The lowest BCUT2D eigenvalue weighted by Crippen LogP contribution is -2.34. The smallest absolute Gasteiger partial charge is 0.204 e. The van der Waals surface area contributed by atoms with Crippen LogP contribution in [0.3, 0.4) is 0 Å². The van der Waals surface area contributed by atoms with Crippen molar-refractivity contribution in [1.82, 2.24) is 0 Å². The van der Waals surface area contributed by atoms with E-state index in [2.05, 4.69) is 3.77 Å². The molecule has 9 heteroatoms. The molecule has 1 rings (SSSR count). The van der Waals surface area contributed by atoms with E-state index >= 15 is 0 Å². The van der Waals surface area contributed by atoms with E-state index in [4.69, 9.17) is 0 Å². The third kappa shape index (κ3) is 5.68. The molecular formula is C13H17F4NO2S2. The highest BCUT2D eigenvalue weighted by atomic mass is 32.3. The highest BCUT2D eigenvalue weighted by molar-refractivity contribution is 8.00. The number of hydrogen-bond acceptors (Lipinski definition) is 2. The Morgan fingerprint density at radius 2 is 1.82 bits per heavy atom. The number of halogens is 4. The van der Waals surface area contributed by atoms with Gasteiger partial charge in [0.15, 0.2) is 0 Å².